The first kappa shape index (κ1) is 17.4. The molecule has 1 heterocycles. The van der Waals surface area contributed by atoms with E-state index in [2.05, 4.69) is 37.1 Å². The number of carbonyl (C=O) groups is 1. The molecule has 1 aromatic carbocycles. The van der Waals surface area contributed by atoms with Gasteiger partial charge in [0, 0.05) is 60.5 Å². The van der Waals surface area contributed by atoms with Crippen LogP contribution in [-0.4, -0.2) is 28.8 Å². The molecule has 2 aromatic rings. The van der Waals surface area contributed by atoms with Crippen molar-refractivity contribution in [2.75, 3.05) is 14.1 Å². The summed E-state index contributed by atoms with van der Waals surface area (Å²) < 4.78 is 2.84. The molecule has 0 atom stereocenters. The Morgan fingerprint density at radius 3 is 2.68 bits per heavy atom. The molecular weight excluding hydrogens is 477 g/mol. The molecular formula is C15H13BrIN3OS. The van der Waals surface area contributed by atoms with Gasteiger partial charge in [0.15, 0.2) is 0 Å². The highest BCUT2D eigenvalue weighted by Crippen LogP contribution is 2.33. The molecule has 0 amide bonds. The molecule has 0 aliphatic rings. The van der Waals surface area contributed by atoms with Gasteiger partial charge in [0.2, 0.25) is 5.78 Å². The number of aromatic nitrogens is 1. The topological polar surface area (TPSA) is 49.0 Å². The molecule has 0 N–H and O–H groups in total. The number of ketones is 1. The number of nitrogens with zero attached hydrogens (tertiary/aromatic N) is 3. The van der Waals surface area contributed by atoms with E-state index in [1.807, 2.05) is 35.2 Å². The number of benzene rings is 1. The summed E-state index contributed by atoms with van der Waals surface area (Å²) in [5.41, 5.74) is 2.67. The fraction of sp³-hybridized carbons (Fsp3) is 0.200. The zero-order valence-electron chi connectivity index (χ0n) is 12.2. The molecule has 0 radical (unpaired) electrons. The number of carbonyl (C=O) groups excluding carboxylic acids is 1. The second-order valence-electron chi connectivity index (χ2n) is 5.00. The molecule has 0 saturated carbocycles. The van der Waals surface area contributed by atoms with Gasteiger partial charge in [-0.1, -0.05) is 15.9 Å². The van der Waals surface area contributed by atoms with E-state index in [1.165, 1.54) is 9.12 Å². The number of Topliss-reactive ketones (excluding diaryl/α,β-unsaturated/α-hetero) is 1. The van der Waals surface area contributed by atoms with Crippen LogP contribution < -0.4 is 0 Å². The monoisotopic (exact) mass is 489 g/mol. The smallest absolute Gasteiger partial charge is 0.222 e. The van der Waals surface area contributed by atoms with Crippen molar-refractivity contribution in [2.45, 2.75) is 6.92 Å². The first-order chi connectivity index (χ1) is 10.4. The minimum absolute atomic E-state index is 0.121. The number of hydrogen-bond acceptors (Lipinski definition) is 4. The minimum atomic E-state index is -0.273. The van der Waals surface area contributed by atoms with Crippen LogP contribution >= 0.6 is 46.3 Å². The van der Waals surface area contributed by atoms with Gasteiger partial charge in [0.25, 0.3) is 0 Å². The van der Waals surface area contributed by atoms with E-state index in [0.29, 0.717) is 5.69 Å². The van der Waals surface area contributed by atoms with E-state index < -0.39 is 0 Å². The zero-order valence-corrected chi connectivity index (χ0v) is 16.8. The Labute approximate surface area is 154 Å². The van der Waals surface area contributed by atoms with Gasteiger partial charge in [-0.05, 0) is 30.7 Å². The summed E-state index contributed by atoms with van der Waals surface area (Å²) >= 11 is 5.66. The van der Waals surface area contributed by atoms with Gasteiger partial charge < -0.3 is 4.90 Å². The molecule has 0 saturated heterocycles. The van der Waals surface area contributed by atoms with Crippen LogP contribution in [0.4, 0.5) is 0 Å². The van der Waals surface area contributed by atoms with Crippen LogP contribution in [0.5, 0.6) is 0 Å². The molecule has 0 spiro atoms. The maximum absolute atomic E-state index is 12.7. The van der Waals surface area contributed by atoms with Gasteiger partial charge in [0.05, 0.1) is 5.52 Å². The minimum Gasteiger partial charge on any atom is -0.382 e. The van der Waals surface area contributed by atoms with Crippen molar-refractivity contribution in [1.29, 1.82) is 5.26 Å². The Balaban J connectivity index is 2.65. The molecule has 22 heavy (non-hydrogen) atoms. The van der Waals surface area contributed by atoms with Crippen molar-refractivity contribution in [1.82, 2.24) is 8.87 Å². The second kappa shape index (κ2) is 7.06. The lowest BCUT2D eigenvalue weighted by Gasteiger charge is -2.07. The number of halogens is 2. The van der Waals surface area contributed by atoms with E-state index in [0.717, 1.165) is 20.9 Å². The third-order valence-electron chi connectivity index (χ3n) is 3.09. The van der Waals surface area contributed by atoms with Crippen LogP contribution in [0.25, 0.3) is 10.9 Å². The van der Waals surface area contributed by atoms with Crippen molar-refractivity contribution in [3.63, 3.8) is 0 Å². The molecule has 114 valence electrons. The van der Waals surface area contributed by atoms with E-state index >= 15 is 0 Å². The second-order valence-corrected chi connectivity index (χ2v) is 7.54. The summed E-state index contributed by atoms with van der Waals surface area (Å²) in [5.74, 6) is -0.273. The first-order valence-electron chi connectivity index (χ1n) is 6.32. The molecule has 4 nitrogen and oxygen atoms in total. The summed E-state index contributed by atoms with van der Waals surface area (Å²) in [5, 5.41) is 10.2. The molecule has 0 aliphatic carbocycles. The van der Waals surface area contributed by atoms with Crippen LogP contribution in [0.1, 0.15) is 16.1 Å². The quantitative estimate of drug-likeness (QED) is 0.270. The van der Waals surface area contributed by atoms with Gasteiger partial charge in [0.1, 0.15) is 17.3 Å². The van der Waals surface area contributed by atoms with Crippen LogP contribution in [-0.2, 0) is 0 Å². The predicted molar refractivity (Wildman–Crippen MR) is 103 cm³/mol. The first-order valence-corrected chi connectivity index (χ1v) is 10.4. The van der Waals surface area contributed by atoms with E-state index in [9.17, 15) is 10.1 Å². The number of hydrogen-bond donors (Lipinski definition) is 0. The van der Waals surface area contributed by atoms with Gasteiger partial charge in [-0.25, -0.2) is 0 Å². The van der Waals surface area contributed by atoms with E-state index in [1.54, 1.807) is 25.2 Å². The Hall–Kier alpha value is -0.980. The molecule has 1 aromatic heterocycles. The zero-order chi connectivity index (χ0) is 16.4. The summed E-state index contributed by atoms with van der Waals surface area (Å²) in [6, 6.07) is 7.85. The Morgan fingerprint density at radius 1 is 1.45 bits per heavy atom. The number of aryl methyl sites for hydroxylation is 1. The standard InChI is InChI=1S/C15H13BrIN3OS/c1-9-4-10-5-14(15(21)11(7-18)8-19(2)3)20(22-17)13(10)6-12(9)16/h4-6,8H,1-3H3/b11-8+. The highest BCUT2D eigenvalue weighted by molar-refractivity contribution is 14.2. The van der Waals surface area contributed by atoms with Gasteiger partial charge in [-0.15, -0.1) is 0 Å². The van der Waals surface area contributed by atoms with Crippen LogP contribution in [0.3, 0.4) is 0 Å². The Kier molecular flexibility index (Phi) is 5.58. The highest BCUT2D eigenvalue weighted by Gasteiger charge is 2.20. The van der Waals surface area contributed by atoms with Gasteiger partial charge in [-0.2, -0.15) is 5.26 Å². The van der Waals surface area contributed by atoms with Crippen LogP contribution in [0, 0.1) is 18.3 Å². The van der Waals surface area contributed by atoms with Crippen molar-refractivity contribution >= 4 is 62.9 Å². The molecule has 2 rings (SSSR count). The average Bonchev–Trinajstić information content (AvgIpc) is 2.81. The third-order valence-corrected chi connectivity index (χ3v) is 5.66. The van der Waals surface area contributed by atoms with Crippen molar-refractivity contribution < 1.29 is 4.79 Å². The SMILES string of the molecule is Cc1cc2cc(C(=O)/C(C#N)=C/N(C)C)n(SI)c2cc1Br. The maximum Gasteiger partial charge on any atom is 0.222 e. The van der Waals surface area contributed by atoms with E-state index in [4.69, 9.17) is 0 Å². The normalized spacial score (nSPS) is 11.5. The highest BCUT2D eigenvalue weighted by atomic mass is 127. The third kappa shape index (κ3) is 3.34. The predicted octanol–water partition coefficient (Wildman–Crippen LogP) is 4.71. The van der Waals surface area contributed by atoms with Crippen LogP contribution in [0.2, 0.25) is 0 Å². The number of rotatable bonds is 4. The van der Waals surface area contributed by atoms with Crippen molar-refractivity contribution in [3.05, 3.63) is 45.7 Å². The molecule has 7 heteroatoms. The summed E-state index contributed by atoms with van der Waals surface area (Å²) in [6.07, 6.45) is 1.55. The molecule has 0 aliphatic heterocycles. The lowest BCUT2D eigenvalue weighted by atomic mass is 10.1. The lowest BCUT2D eigenvalue weighted by Crippen LogP contribution is -2.10. The Morgan fingerprint density at radius 2 is 2.14 bits per heavy atom. The number of allylic oxidation sites excluding steroid dienone is 1. The molecule has 0 bridgehead atoms. The fourth-order valence-electron chi connectivity index (χ4n) is 2.09. The summed E-state index contributed by atoms with van der Waals surface area (Å²) in [7, 11) is 4.99. The van der Waals surface area contributed by atoms with Gasteiger partial charge >= 0.3 is 0 Å². The average molecular weight is 490 g/mol. The summed E-state index contributed by atoms with van der Waals surface area (Å²) in [4.78, 5) is 14.4. The number of fused-ring (bicyclic) bond motifs is 1. The number of nitriles is 1. The fourth-order valence-corrected chi connectivity index (χ4v) is 4.13. The van der Waals surface area contributed by atoms with Crippen molar-refractivity contribution in [3.8, 4) is 6.07 Å². The summed E-state index contributed by atoms with van der Waals surface area (Å²) in [6.45, 7) is 2.01. The van der Waals surface area contributed by atoms with Crippen LogP contribution in [0.15, 0.2) is 34.4 Å². The largest absolute Gasteiger partial charge is 0.382 e. The molecule has 0 fully saturated rings. The molecule has 0 unspecified atom stereocenters. The lowest BCUT2D eigenvalue weighted by molar-refractivity contribution is 0.103. The Bertz CT molecular complexity index is 820. The van der Waals surface area contributed by atoms with Crippen molar-refractivity contribution in [2.24, 2.45) is 0 Å². The maximum atomic E-state index is 12.7. The van der Waals surface area contributed by atoms with E-state index in [-0.39, 0.29) is 11.4 Å². The van der Waals surface area contributed by atoms with Gasteiger partial charge in [-0.3, -0.25) is 8.77 Å².